The van der Waals surface area contributed by atoms with Crippen LogP contribution in [-0.4, -0.2) is 24.8 Å². The molecule has 35 heavy (non-hydrogen) atoms. The molecule has 2 bridgehead atoms. The number of halogens is 1. The van der Waals surface area contributed by atoms with Crippen molar-refractivity contribution in [2.75, 3.05) is 11.9 Å². The van der Waals surface area contributed by atoms with E-state index >= 15 is 0 Å². The van der Waals surface area contributed by atoms with Gasteiger partial charge in [-0.3, -0.25) is 4.99 Å². The van der Waals surface area contributed by atoms with Gasteiger partial charge in [-0.1, -0.05) is 57.5 Å². The summed E-state index contributed by atoms with van der Waals surface area (Å²) in [5, 5.41) is 3.42. The van der Waals surface area contributed by atoms with Gasteiger partial charge >= 0.3 is 0 Å². The minimum atomic E-state index is -0.301. The Balaban J connectivity index is 1.73. The predicted molar refractivity (Wildman–Crippen MR) is 142 cm³/mol. The van der Waals surface area contributed by atoms with Crippen LogP contribution in [0.2, 0.25) is 0 Å². The Morgan fingerprint density at radius 1 is 1.03 bits per heavy atom. The maximum atomic E-state index is 14.3. The van der Waals surface area contributed by atoms with Gasteiger partial charge in [0.25, 0.3) is 0 Å². The summed E-state index contributed by atoms with van der Waals surface area (Å²) in [6.45, 7) is 7.27. The first-order valence-electron chi connectivity index (χ1n) is 12.6. The van der Waals surface area contributed by atoms with E-state index in [1.807, 2.05) is 30.5 Å². The van der Waals surface area contributed by atoms with Crippen LogP contribution in [0.25, 0.3) is 0 Å². The lowest BCUT2D eigenvalue weighted by Gasteiger charge is -2.27. The number of aliphatic imine (C=N–C) groups is 2. The highest BCUT2D eigenvalue weighted by Crippen LogP contribution is 2.40. The van der Waals surface area contributed by atoms with Crippen LogP contribution in [0, 0.1) is 11.7 Å². The fourth-order valence-electron chi connectivity index (χ4n) is 5.30. The van der Waals surface area contributed by atoms with Crippen molar-refractivity contribution in [1.82, 2.24) is 0 Å². The molecule has 5 rings (SSSR count). The normalized spacial score (nSPS) is 21.0. The van der Waals surface area contributed by atoms with Gasteiger partial charge in [0, 0.05) is 11.8 Å². The van der Waals surface area contributed by atoms with E-state index in [1.165, 1.54) is 23.3 Å². The Morgan fingerprint density at radius 3 is 2.71 bits per heavy atom. The van der Waals surface area contributed by atoms with Gasteiger partial charge in [0.05, 0.1) is 28.7 Å². The molecule has 0 amide bonds. The highest BCUT2D eigenvalue weighted by Gasteiger charge is 2.33. The average molecular weight is 470 g/mol. The van der Waals surface area contributed by atoms with Crippen LogP contribution in [0.3, 0.4) is 0 Å². The van der Waals surface area contributed by atoms with Crippen LogP contribution >= 0.6 is 0 Å². The molecule has 3 aromatic rings. The molecule has 0 aromatic heterocycles. The van der Waals surface area contributed by atoms with Crippen molar-refractivity contribution in [3.63, 3.8) is 0 Å². The first-order valence-corrected chi connectivity index (χ1v) is 12.6. The minimum Gasteiger partial charge on any atom is -0.475 e. The van der Waals surface area contributed by atoms with Crippen LogP contribution in [0.1, 0.15) is 61.8 Å². The summed E-state index contributed by atoms with van der Waals surface area (Å²) in [5.74, 6) is 0.917. The van der Waals surface area contributed by atoms with E-state index in [9.17, 15) is 4.39 Å². The molecule has 0 spiro atoms. The molecule has 0 saturated carbocycles. The topological polar surface area (TPSA) is 46.0 Å². The molecule has 180 valence electrons. The Morgan fingerprint density at radius 2 is 1.89 bits per heavy atom. The number of aryl methyl sites for hydroxylation is 1. The molecule has 2 aliphatic heterocycles. The molecule has 2 aliphatic rings. The molecule has 0 radical (unpaired) electrons. The van der Waals surface area contributed by atoms with Crippen LogP contribution < -0.4 is 5.32 Å². The summed E-state index contributed by atoms with van der Waals surface area (Å²) in [5.41, 5.74) is 6.71. The third-order valence-electron chi connectivity index (χ3n) is 7.20. The van der Waals surface area contributed by atoms with Gasteiger partial charge in [-0.25, -0.2) is 9.38 Å². The summed E-state index contributed by atoms with van der Waals surface area (Å²) < 4.78 is 20.5. The molecule has 5 heteroatoms. The number of fused-ring (bicyclic) bond motifs is 5. The molecule has 2 unspecified atom stereocenters. The van der Waals surface area contributed by atoms with Crippen molar-refractivity contribution in [2.24, 2.45) is 15.9 Å². The lowest BCUT2D eigenvalue weighted by molar-refractivity contribution is 0.265. The van der Waals surface area contributed by atoms with E-state index in [4.69, 9.17) is 14.7 Å². The molecule has 3 aromatic carbocycles. The first kappa shape index (κ1) is 23.3. The van der Waals surface area contributed by atoms with E-state index < -0.39 is 0 Å². The van der Waals surface area contributed by atoms with E-state index in [1.54, 1.807) is 6.07 Å². The lowest BCUT2D eigenvalue weighted by Crippen LogP contribution is -2.24. The van der Waals surface area contributed by atoms with E-state index in [2.05, 4.69) is 44.3 Å². The molecular weight excluding hydrogens is 437 g/mol. The minimum absolute atomic E-state index is 0.0577. The Hall–Kier alpha value is -3.47. The maximum absolute atomic E-state index is 14.3. The fourth-order valence-corrected chi connectivity index (χ4v) is 5.30. The highest BCUT2D eigenvalue weighted by molar-refractivity contribution is 6.02. The standard InChI is InChI=1S/C30H32FN3O/c1-4-9-20-10-8-12-24-23(5-2)19(3)28-18-35-30(34-28)25-11-6-7-13-26(25)33-27-16-22(31)15-14-21(27)17-32-29(20)24/h6-8,10-17,19,23,28,33H,4-5,9,18H2,1-3H3/t19?,23?,28-/m1/s1. The number of hydrogen-bond acceptors (Lipinski definition) is 4. The zero-order valence-corrected chi connectivity index (χ0v) is 20.6. The summed E-state index contributed by atoms with van der Waals surface area (Å²) in [6.07, 6.45) is 4.86. The van der Waals surface area contributed by atoms with Crippen molar-refractivity contribution in [3.8, 4) is 0 Å². The summed E-state index contributed by atoms with van der Waals surface area (Å²) in [7, 11) is 0. The summed E-state index contributed by atoms with van der Waals surface area (Å²) in [4.78, 5) is 10.1. The smallest absolute Gasteiger partial charge is 0.218 e. The van der Waals surface area contributed by atoms with Gasteiger partial charge in [0.1, 0.15) is 12.4 Å². The second-order valence-corrected chi connectivity index (χ2v) is 9.45. The van der Waals surface area contributed by atoms with E-state index in [-0.39, 0.29) is 17.8 Å². The SMILES string of the molecule is CCCc1cccc2c1N=Cc1ccc(F)cc1Nc1ccccc1C1=N[C@H](CO1)C(C)C2CC. The van der Waals surface area contributed by atoms with Crippen LogP contribution in [0.15, 0.2) is 70.6 Å². The van der Waals surface area contributed by atoms with Crippen LogP contribution in [0.4, 0.5) is 21.5 Å². The second-order valence-electron chi connectivity index (χ2n) is 9.45. The molecule has 4 nitrogen and oxygen atoms in total. The van der Waals surface area contributed by atoms with Crippen LogP contribution in [-0.2, 0) is 11.2 Å². The second kappa shape index (κ2) is 10.0. The van der Waals surface area contributed by atoms with Crippen molar-refractivity contribution < 1.29 is 9.13 Å². The third-order valence-corrected chi connectivity index (χ3v) is 7.20. The van der Waals surface area contributed by atoms with Crippen molar-refractivity contribution in [3.05, 3.63) is 88.7 Å². The molecule has 0 aliphatic carbocycles. The quantitative estimate of drug-likeness (QED) is 0.430. The van der Waals surface area contributed by atoms with Gasteiger partial charge in [-0.2, -0.15) is 0 Å². The third kappa shape index (κ3) is 4.60. The highest BCUT2D eigenvalue weighted by atomic mass is 19.1. The average Bonchev–Trinajstić information content (AvgIpc) is 3.35. The number of anilines is 2. The van der Waals surface area contributed by atoms with Crippen molar-refractivity contribution in [1.29, 1.82) is 0 Å². The largest absolute Gasteiger partial charge is 0.475 e. The van der Waals surface area contributed by atoms with Gasteiger partial charge < -0.3 is 10.1 Å². The summed E-state index contributed by atoms with van der Waals surface area (Å²) >= 11 is 0. The fraction of sp³-hybridized carbons (Fsp3) is 0.333. The van der Waals surface area contributed by atoms with E-state index in [0.717, 1.165) is 41.8 Å². The molecular formula is C30H32FN3O. The molecule has 3 atom stereocenters. The van der Waals surface area contributed by atoms with Crippen molar-refractivity contribution >= 4 is 29.2 Å². The molecule has 0 saturated heterocycles. The molecule has 2 heterocycles. The molecule has 1 N–H and O–H groups in total. The zero-order chi connectivity index (χ0) is 24.4. The number of benzene rings is 3. The van der Waals surface area contributed by atoms with Crippen molar-refractivity contribution in [2.45, 2.75) is 52.0 Å². The van der Waals surface area contributed by atoms with Gasteiger partial charge in [0.2, 0.25) is 5.90 Å². The Kier molecular flexibility index (Phi) is 6.67. The maximum Gasteiger partial charge on any atom is 0.218 e. The number of nitrogens with zero attached hydrogens (tertiary/aromatic N) is 2. The van der Waals surface area contributed by atoms with Crippen LogP contribution in [0.5, 0.6) is 0 Å². The zero-order valence-electron chi connectivity index (χ0n) is 20.6. The lowest BCUT2D eigenvalue weighted by atomic mass is 9.79. The Bertz CT molecular complexity index is 1280. The number of para-hydroxylation sites is 2. The number of hydrogen-bond donors (Lipinski definition) is 1. The first-order chi connectivity index (χ1) is 17.1. The van der Waals surface area contributed by atoms with E-state index in [0.29, 0.717) is 24.1 Å². The Labute approximate surface area is 207 Å². The predicted octanol–water partition coefficient (Wildman–Crippen LogP) is 7.56. The monoisotopic (exact) mass is 469 g/mol. The number of ether oxygens (including phenoxy) is 1. The van der Waals surface area contributed by atoms with Gasteiger partial charge in [0.15, 0.2) is 0 Å². The van der Waals surface area contributed by atoms with Gasteiger partial charge in [-0.05, 0) is 66.1 Å². The number of rotatable bonds is 3. The van der Waals surface area contributed by atoms with Gasteiger partial charge in [-0.15, -0.1) is 0 Å². The number of nitrogens with one attached hydrogen (secondary N) is 1. The summed E-state index contributed by atoms with van der Waals surface area (Å²) in [6, 6.07) is 19.3. The molecule has 0 fully saturated rings.